The molecule has 0 saturated carbocycles. The molecule has 0 aromatic carbocycles. The van der Waals surface area contributed by atoms with Gasteiger partial charge in [0.05, 0.1) is 0 Å². The van der Waals surface area contributed by atoms with Crippen LogP contribution in [0.25, 0.3) is 0 Å². The van der Waals surface area contributed by atoms with E-state index in [1.165, 1.54) is 6.08 Å². The van der Waals surface area contributed by atoms with E-state index in [2.05, 4.69) is 5.22 Å². The Morgan fingerprint density at radius 2 is 1.80 bits per heavy atom. The fourth-order valence-corrected chi connectivity index (χ4v) is 1.13. The Morgan fingerprint density at radius 1 is 1.20 bits per heavy atom. The maximum absolute atomic E-state index is 11.1. The third kappa shape index (κ3) is 1.48. The first-order valence-electron chi connectivity index (χ1n) is 4.07. The van der Waals surface area contributed by atoms with Crippen LogP contribution < -0.4 is 0 Å². The second-order valence-corrected chi connectivity index (χ2v) is 2.87. The Labute approximate surface area is 83.6 Å². The predicted octanol–water partition coefficient (Wildman–Crippen LogP) is -1.29. The molecule has 7 nitrogen and oxygen atoms in total. The lowest BCUT2D eigenvalue weighted by molar-refractivity contribution is -0.579. The van der Waals surface area contributed by atoms with Gasteiger partial charge in [0.25, 0.3) is 0 Å². The van der Waals surface area contributed by atoms with Gasteiger partial charge in [-0.15, -0.1) is 0 Å². The summed E-state index contributed by atoms with van der Waals surface area (Å²) >= 11 is 0. The van der Waals surface area contributed by atoms with Gasteiger partial charge in [-0.1, -0.05) is 4.70 Å². The number of carbonyl (C=O) groups excluding carboxylic acids is 3. The number of rotatable bonds is 1. The summed E-state index contributed by atoms with van der Waals surface area (Å²) < 4.78 is 0.642. The fourth-order valence-electron chi connectivity index (χ4n) is 1.13. The van der Waals surface area contributed by atoms with E-state index in [0.29, 0.717) is 9.71 Å². The molecule has 0 aromatic rings. The van der Waals surface area contributed by atoms with Gasteiger partial charge in [0.1, 0.15) is 5.22 Å². The molecule has 2 aliphatic rings. The Balaban J connectivity index is 2.28. The summed E-state index contributed by atoms with van der Waals surface area (Å²) in [5.74, 6) is -1.88. The number of carbonyl (C=O) groups is 3. The molecular formula is C8H6N3O4+. The number of hydrogen-bond acceptors (Lipinski definition) is 5. The number of aliphatic hydroxyl groups excluding tert-OH is 1. The topological polar surface area (TPSA) is 90.0 Å². The zero-order valence-corrected chi connectivity index (χ0v) is 7.40. The van der Waals surface area contributed by atoms with Gasteiger partial charge in [-0.25, -0.2) is 14.4 Å². The van der Waals surface area contributed by atoms with E-state index >= 15 is 0 Å². The lowest BCUT2D eigenvalue weighted by atomic mass is 10.5. The van der Waals surface area contributed by atoms with Crippen LogP contribution in [0.1, 0.15) is 0 Å². The fraction of sp³-hybridized carbons (Fsp3) is 0.125. The molecule has 76 valence electrons. The van der Waals surface area contributed by atoms with Gasteiger partial charge in [0.15, 0.2) is 0 Å². The second kappa shape index (κ2) is 3.21. The lowest BCUT2D eigenvalue weighted by Gasteiger charge is -2.00. The molecule has 2 rings (SSSR count). The highest BCUT2D eigenvalue weighted by Gasteiger charge is 2.36. The third-order valence-electron chi connectivity index (χ3n) is 1.86. The molecule has 2 heterocycles. The molecule has 0 bridgehead atoms. The molecule has 1 unspecified atom stereocenters. The normalized spacial score (nSPS) is 27.5. The minimum atomic E-state index is -1.24. The molecule has 0 saturated heterocycles. The lowest BCUT2D eigenvalue weighted by Crippen LogP contribution is -2.31. The second-order valence-electron chi connectivity index (χ2n) is 2.87. The van der Waals surface area contributed by atoms with Gasteiger partial charge in [-0.05, 0) is 11.1 Å². The average molecular weight is 208 g/mol. The standard InChI is InChI=1S/C8H6N3O4/c12-5-1-2-6(13)10(5)9-11-7(14)3-4-8(11)15/h1-5,12H/q+1. The number of nitrogens with zero attached hydrogens (tertiary/aromatic N) is 3. The maximum Gasteiger partial charge on any atom is 0.362 e. The SMILES string of the molecule is O=C1C=CC(=O)N1N=[N+]1C(=O)C=CC1O. The first kappa shape index (κ1) is 9.41. The number of amides is 3. The van der Waals surface area contributed by atoms with Crippen LogP contribution in [-0.4, -0.2) is 38.8 Å². The minimum Gasteiger partial charge on any atom is -0.350 e. The first-order chi connectivity index (χ1) is 7.09. The summed E-state index contributed by atoms with van der Waals surface area (Å²) in [6, 6.07) is 0. The Bertz CT molecular complexity index is 431. The van der Waals surface area contributed by atoms with E-state index in [0.717, 1.165) is 18.2 Å². The van der Waals surface area contributed by atoms with Crippen molar-refractivity contribution < 1.29 is 24.2 Å². The summed E-state index contributed by atoms with van der Waals surface area (Å²) in [6.45, 7) is 0. The zero-order chi connectivity index (χ0) is 11.0. The van der Waals surface area contributed by atoms with E-state index in [-0.39, 0.29) is 0 Å². The summed E-state index contributed by atoms with van der Waals surface area (Å²) in [5.41, 5.74) is 0. The van der Waals surface area contributed by atoms with Crippen LogP contribution in [0.4, 0.5) is 0 Å². The summed E-state index contributed by atoms with van der Waals surface area (Å²) in [4.78, 5) is 33.2. The van der Waals surface area contributed by atoms with Crippen molar-refractivity contribution in [1.82, 2.24) is 5.01 Å². The van der Waals surface area contributed by atoms with Crippen molar-refractivity contribution in [3.63, 3.8) is 0 Å². The van der Waals surface area contributed by atoms with Crippen molar-refractivity contribution in [3.05, 3.63) is 24.3 Å². The molecule has 7 heteroatoms. The van der Waals surface area contributed by atoms with Crippen molar-refractivity contribution in [2.45, 2.75) is 6.23 Å². The van der Waals surface area contributed by atoms with Crippen LogP contribution in [0, 0.1) is 0 Å². The molecule has 3 amide bonds. The minimum absolute atomic E-state index is 0.508. The number of aliphatic hydroxyl groups is 1. The first-order valence-corrected chi connectivity index (χ1v) is 4.07. The van der Waals surface area contributed by atoms with Gasteiger partial charge in [0.2, 0.25) is 6.23 Å². The molecule has 1 N–H and O–H groups in total. The number of imide groups is 1. The largest absolute Gasteiger partial charge is 0.362 e. The van der Waals surface area contributed by atoms with Crippen LogP contribution in [-0.2, 0) is 14.4 Å². The van der Waals surface area contributed by atoms with E-state index in [1.807, 2.05) is 0 Å². The molecule has 0 fully saturated rings. The van der Waals surface area contributed by atoms with Gasteiger partial charge in [-0.3, -0.25) is 0 Å². The molecule has 2 aliphatic heterocycles. The Morgan fingerprint density at radius 3 is 2.27 bits per heavy atom. The van der Waals surface area contributed by atoms with Crippen molar-refractivity contribution in [1.29, 1.82) is 0 Å². The quantitative estimate of drug-likeness (QED) is 0.428. The molecule has 0 radical (unpaired) electrons. The highest BCUT2D eigenvalue weighted by molar-refractivity contribution is 6.12. The number of hydrogen-bond donors (Lipinski definition) is 1. The Kier molecular flexibility index (Phi) is 2.01. The monoisotopic (exact) mass is 208 g/mol. The van der Waals surface area contributed by atoms with Gasteiger partial charge >= 0.3 is 17.7 Å². The maximum atomic E-state index is 11.1. The van der Waals surface area contributed by atoms with Crippen LogP contribution in [0.5, 0.6) is 0 Å². The summed E-state index contributed by atoms with van der Waals surface area (Å²) in [5, 5.41) is 13.2. The van der Waals surface area contributed by atoms with E-state index < -0.39 is 23.9 Å². The van der Waals surface area contributed by atoms with Crippen molar-refractivity contribution in [2.24, 2.45) is 5.22 Å². The van der Waals surface area contributed by atoms with Crippen LogP contribution in [0.2, 0.25) is 0 Å². The van der Waals surface area contributed by atoms with Gasteiger partial charge in [-0.2, -0.15) is 0 Å². The molecule has 0 aliphatic carbocycles. The molecular weight excluding hydrogens is 202 g/mol. The van der Waals surface area contributed by atoms with Crippen molar-refractivity contribution >= 4 is 17.7 Å². The summed E-state index contributed by atoms with van der Waals surface area (Å²) in [7, 11) is 0. The highest BCUT2D eigenvalue weighted by Crippen LogP contribution is 2.08. The molecule has 0 aromatic heterocycles. The molecule has 15 heavy (non-hydrogen) atoms. The third-order valence-corrected chi connectivity index (χ3v) is 1.86. The van der Waals surface area contributed by atoms with Crippen molar-refractivity contribution in [2.75, 3.05) is 0 Å². The van der Waals surface area contributed by atoms with Crippen molar-refractivity contribution in [3.8, 4) is 0 Å². The van der Waals surface area contributed by atoms with E-state index in [1.54, 1.807) is 0 Å². The highest BCUT2D eigenvalue weighted by atomic mass is 16.3. The van der Waals surface area contributed by atoms with Crippen LogP contribution >= 0.6 is 0 Å². The van der Waals surface area contributed by atoms with Crippen LogP contribution in [0.15, 0.2) is 29.5 Å². The van der Waals surface area contributed by atoms with Gasteiger partial charge in [0, 0.05) is 18.2 Å². The zero-order valence-electron chi connectivity index (χ0n) is 7.40. The molecule has 1 atom stereocenters. The summed E-state index contributed by atoms with van der Waals surface area (Å²) in [6.07, 6.45) is 3.13. The Hall–Kier alpha value is -2.15. The van der Waals surface area contributed by atoms with Crippen LogP contribution in [0.3, 0.4) is 0 Å². The van der Waals surface area contributed by atoms with Gasteiger partial charge < -0.3 is 5.11 Å². The molecule has 0 spiro atoms. The van der Waals surface area contributed by atoms with E-state index in [9.17, 15) is 19.5 Å². The smallest absolute Gasteiger partial charge is 0.350 e. The van der Waals surface area contributed by atoms with E-state index in [4.69, 9.17) is 0 Å². The predicted molar refractivity (Wildman–Crippen MR) is 43.8 cm³/mol. The average Bonchev–Trinajstić information content (AvgIpc) is 2.67.